The molecule has 2 amide bonds. The zero-order valence-electron chi connectivity index (χ0n) is 13.1. The fourth-order valence-electron chi connectivity index (χ4n) is 3.00. The molecule has 0 aromatic heterocycles. The quantitative estimate of drug-likeness (QED) is 0.835. The SMILES string of the molecule is O=C(CC(=O)NC1CCCCC1)Nc1ccc2c(c1)OCCO2. The van der Waals surface area contributed by atoms with Gasteiger partial charge in [-0.3, -0.25) is 9.59 Å². The molecular weight excluding hydrogens is 296 g/mol. The predicted octanol–water partition coefficient (Wildman–Crippen LogP) is 2.24. The van der Waals surface area contributed by atoms with Crippen LogP contribution in [0, 0.1) is 0 Å². The number of hydrogen-bond donors (Lipinski definition) is 2. The Labute approximate surface area is 135 Å². The molecule has 2 N–H and O–H groups in total. The number of benzene rings is 1. The van der Waals surface area contributed by atoms with E-state index >= 15 is 0 Å². The Kier molecular flexibility index (Phi) is 5.00. The van der Waals surface area contributed by atoms with Gasteiger partial charge in [0.25, 0.3) is 0 Å². The number of anilines is 1. The molecule has 0 atom stereocenters. The second kappa shape index (κ2) is 7.35. The van der Waals surface area contributed by atoms with Crippen molar-refractivity contribution in [3.63, 3.8) is 0 Å². The van der Waals surface area contributed by atoms with Gasteiger partial charge >= 0.3 is 0 Å². The van der Waals surface area contributed by atoms with E-state index < -0.39 is 0 Å². The van der Waals surface area contributed by atoms with E-state index in [9.17, 15) is 9.59 Å². The van der Waals surface area contributed by atoms with Crippen molar-refractivity contribution in [1.29, 1.82) is 0 Å². The maximum absolute atomic E-state index is 12.0. The van der Waals surface area contributed by atoms with E-state index in [4.69, 9.17) is 9.47 Å². The lowest BCUT2D eigenvalue weighted by Gasteiger charge is -2.22. The number of fused-ring (bicyclic) bond motifs is 1. The Balaban J connectivity index is 1.49. The average molecular weight is 318 g/mol. The summed E-state index contributed by atoms with van der Waals surface area (Å²) < 4.78 is 10.9. The van der Waals surface area contributed by atoms with E-state index in [-0.39, 0.29) is 24.3 Å². The molecule has 3 rings (SSSR count). The molecule has 1 fully saturated rings. The smallest absolute Gasteiger partial charge is 0.233 e. The first kappa shape index (κ1) is 15.6. The summed E-state index contributed by atoms with van der Waals surface area (Å²) in [6.45, 7) is 1.02. The van der Waals surface area contributed by atoms with Crippen LogP contribution in [0.1, 0.15) is 38.5 Å². The van der Waals surface area contributed by atoms with Crippen molar-refractivity contribution in [2.45, 2.75) is 44.6 Å². The van der Waals surface area contributed by atoms with Gasteiger partial charge < -0.3 is 20.1 Å². The van der Waals surface area contributed by atoms with Gasteiger partial charge in [0.2, 0.25) is 11.8 Å². The second-order valence-corrected chi connectivity index (χ2v) is 5.99. The summed E-state index contributed by atoms with van der Waals surface area (Å²) in [6.07, 6.45) is 5.38. The Morgan fingerprint density at radius 1 is 1.00 bits per heavy atom. The van der Waals surface area contributed by atoms with E-state index in [1.807, 2.05) is 0 Å². The number of carbonyl (C=O) groups excluding carboxylic acids is 2. The van der Waals surface area contributed by atoms with Crippen LogP contribution in [-0.2, 0) is 9.59 Å². The van der Waals surface area contributed by atoms with Crippen molar-refractivity contribution in [2.75, 3.05) is 18.5 Å². The molecule has 1 aromatic carbocycles. The molecule has 6 nitrogen and oxygen atoms in total. The Morgan fingerprint density at radius 2 is 1.74 bits per heavy atom. The molecule has 0 radical (unpaired) electrons. The molecule has 0 spiro atoms. The molecule has 1 saturated carbocycles. The number of amides is 2. The molecule has 1 aliphatic carbocycles. The van der Waals surface area contributed by atoms with Crippen LogP contribution in [0.5, 0.6) is 11.5 Å². The van der Waals surface area contributed by atoms with Crippen molar-refractivity contribution in [3.8, 4) is 11.5 Å². The largest absolute Gasteiger partial charge is 0.486 e. The minimum absolute atomic E-state index is 0.162. The molecule has 6 heteroatoms. The molecule has 0 unspecified atom stereocenters. The third-order valence-corrected chi connectivity index (χ3v) is 4.12. The summed E-state index contributed by atoms with van der Waals surface area (Å²) >= 11 is 0. The number of ether oxygens (including phenoxy) is 2. The fraction of sp³-hybridized carbons (Fsp3) is 0.529. The van der Waals surface area contributed by atoms with Crippen LogP contribution < -0.4 is 20.1 Å². The first-order valence-electron chi connectivity index (χ1n) is 8.19. The molecule has 124 valence electrons. The van der Waals surface area contributed by atoms with Crippen LogP contribution in [-0.4, -0.2) is 31.1 Å². The van der Waals surface area contributed by atoms with Crippen molar-refractivity contribution >= 4 is 17.5 Å². The summed E-state index contributed by atoms with van der Waals surface area (Å²) in [4.78, 5) is 23.9. The van der Waals surface area contributed by atoms with Crippen molar-refractivity contribution < 1.29 is 19.1 Å². The van der Waals surface area contributed by atoms with E-state index in [0.29, 0.717) is 30.4 Å². The summed E-state index contributed by atoms with van der Waals surface area (Å²) in [7, 11) is 0. The van der Waals surface area contributed by atoms with Crippen molar-refractivity contribution in [3.05, 3.63) is 18.2 Å². The second-order valence-electron chi connectivity index (χ2n) is 5.99. The van der Waals surface area contributed by atoms with Crippen LogP contribution in [0.2, 0.25) is 0 Å². The third kappa shape index (κ3) is 4.37. The van der Waals surface area contributed by atoms with Gasteiger partial charge in [-0.15, -0.1) is 0 Å². The molecule has 23 heavy (non-hydrogen) atoms. The van der Waals surface area contributed by atoms with Gasteiger partial charge in [0, 0.05) is 17.8 Å². The van der Waals surface area contributed by atoms with Crippen LogP contribution >= 0.6 is 0 Å². The summed E-state index contributed by atoms with van der Waals surface area (Å²) in [5.74, 6) is 0.743. The highest BCUT2D eigenvalue weighted by molar-refractivity contribution is 6.03. The highest BCUT2D eigenvalue weighted by Gasteiger charge is 2.18. The van der Waals surface area contributed by atoms with Crippen LogP contribution in [0.15, 0.2) is 18.2 Å². The van der Waals surface area contributed by atoms with Gasteiger partial charge in [-0.2, -0.15) is 0 Å². The average Bonchev–Trinajstić information content (AvgIpc) is 2.55. The summed E-state index contributed by atoms with van der Waals surface area (Å²) in [6, 6.07) is 5.43. The Morgan fingerprint density at radius 3 is 2.52 bits per heavy atom. The standard InChI is InChI=1S/C17H22N2O4/c20-16(18-12-4-2-1-3-5-12)11-17(21)19-13-6-7-14-15(10-13)23-9-8-22-14/h6-7,10,12H,1-5,8-9,11H2,(H,18,20)(H,19,21). The maximum atomic E-state index is 12.0. The monoisotopic (exact) mass is 318 g/mol. The molecule has 1 aliphatic heterocycles. The van der Waals surface area contributed by atoms with E-state index in [2.05, 4.69) is 10.6 Å². The van der Waals surface area contributed by atoms with Crippen LogP contribution in [0.25, 0.3) is 0 Å². The van der Waals surface area contributed by atoms with Gasteiger partial charge in [-0.25, -0.2) is 0 Å². The third-order valence-electron chi connectivity index (χ3n) is 4.12. The minimum atomic E-state index is -0.324. The van der Waals surface area contributed by atoms with Crippen molar-refractivity contribution in [1.82, 2.24) is 5.32 Å². The van der Waals surface area contributed by atoms with E-state index in [0.717, 1.165) is 25.7 Å². The van der Waals surface area contributed by atoms with Crippen LogP contribution in [0.3, 0.4) is 0 Å². The zero-order chi connectivity index (χ0) is 16.1. The normalized spacial score (nSPS) is 17.4. The van der Waals surface area contributed by atoms with Crippen LogP contribution in [0.4, 0.5) is 5.69 Å². The predicted molar refractivity (Wildman–Crippen MR) is 85.7 cm³/mol. The molecule has 2 aliphatic rings. The molecule has 0 bridgehead atoms. The number of nitrogens with one attached hydrogen (secondary N) is 2. The zero-order valence-corrected chi connectivity index (χ0v) is 13.1. The van der Waals surface area contributed by atoms with Crippen molar-refractivity contribution in [2.24, 2.45) is 0 Å². The molecule has 1 aromatic rings. The first-order chi connectivity index (χ1) is 11.2. The Hall–Kier alpha value is -2.24. The van der Waals surface area contributed by atoms with Gasteiger partial charge in [-0.1, -0.05) is 19.3 Å². The lowest BCUT2D eigenvalue weighted by molar-refractivity contribution is -0.127. The lowest BCUT2D eigenvalue weighted by Crippen LogP contribution is -2.37. The number of carbonyl (C=O) groups is 2. The van der Waals surface area contributed by atoms with Gasteiger partial charge in [0.05, 0.1) is 0 Å². The minimum Gasteiger partial charge on any atom is -0.486 e. The van der Waals surface area contributed by atoms with E-state index in [1.54, 1.807) is 18.2 Å². The molecular formula is C17H22N2O4. The molecule has 0 saturated heterocycles. The lowest BCUT2D eigenvalue weighted by atomic mass is 9.95. The van der Waals surface area contributed by atoms with E-state index in [1.165, 1.54) is 6.42 Å². The summed E-state index contributed by atoms with van der Waals surface area (Å²) in [5.41, 5.74) is 0.602. The number of rotatable bonds is 4. The number of hydrogen-bond acceptors (Lipinski definition) is 4. The van der Waals surface area contributed by atoms with Gasteiger partial charge in [0.1, 0.15) is 19.6 Å². The first-order valence-corrected chi connectivity index (χ1v) is 8.19. The van der Waals surface area contributed by atoms with Gasteiger partial charge in [-0.05, 0) is 25.0 Å². The highest BCUT2D eigenvalue weighted by Crippen LogP contribution is 2.32. The molecule has 1 heterocycles. The maximum Gasteiger partial charge on any atom is 0.233 e. The summed E-state index contributed by atoms with van der Waals surface area (Å²) in [5, 5.41) is 5.67. The Bertz CT molecular complexity index is 582. The topological polar surface area (TPSA) is 76.7 Å². The fourth-order valence-corrected chi connectivity index (χ4v) is 3.00. The highest BCUT2D eigenvalue weighted by atomic mass is 16.6. The van der Waals surface area contributed by atoms with Gasteiger partial charge in [0.15, 0.2) is 11.5 Å².